The molecule has 0 amide bonds. The molecule has 0 heterocycles. The number of benzene rings is 3. The summed E-state index contributed by atoms with van der Waals surface area (Å²) in [6.45, 7) is 0.837. The zero-order valence-corrected chi connectivity index (χ0v) is 19.5. The van der Waals surface area contributed by atoms with Crippen LogP contribution >= 0.6 is 23.2 Å². The lowest BCUT2D eigenvalue weighted by molar-refractivity contribution is 0.284. The topological polar surface area (TPSA) is 61.3 Å². The van der Waals surface area contributed by atoms with E-state index in [1.807, 2.05) is 42.5 Å². The third kappa shape index (κ3) is 6.22. The Morgan fingerprint density at radius 2 is 1.53 bits per heavy atom. The lowest BCUT2D eigenvalue weighted by Gasteiger charge is -2.12. The van der Waals surface area contributed by atoms with Crippen molar-refractivity contribution >= 4 is 29.4 Å². The highest BCUT2D eigenvalue weighted by molar-refractivity contribution is 6.35. The Morgan fingerprint density at radius 3 is 2.25 bits per heavy atom. The molecule has 6 nitrogen and oxygen atoms in total. The first-order valence-corrected chi connectivity index (χ1v) is 10.5. The third-order valence-corrected chi connectivity index (χ3v) is 5.21. The average molecular weight is 475 g/mol. The predicted octanol–water partition coefficient (Wildman–Crippen LogP) is 5.72. The fourth-order valence-corrected chi connectivity index (χ4v) is 3.39. The van der Waals surface area contributed by atoms with E-state index in [2.05, 4.69) is 10.5 Å². The summed E-state index contributed by atoms with van der Waals surface area (Å²) in [6, 6.07) is 16.6. The summed E-state index contributed by atoms with van der Waals surface area (Å²) in [4.78, 5) is 0. The minimum atomic E-state index is 0.298. The van der Waals surface area contributed by atoms with Crippen LogP contribution in [0.2, 0.25) is 10.0 Å². The molecule has 32 heavy (non-hydrogen) atoms. The molecule has 0 spiro atoms. The van der Waals surface area contributed by atoms with Crippen LogP contribution in [0.15, 0.2) is 59.7 Å². The van der Waals surface area contributed by atoms with Crippen LogP contribution in [-0.2, 0) is 13.2 Å². The molecule has 0 aliphatic rings. The Hall–Kier alpha value is -3.09. The van der Waals surface area contributed by atoms with Crippen molar-refractivity contribution in [1.82, 2.24) is 5.43 Å². The van der Waals surface area contributed by atoms with Crippen LogP contribution in [0.25, 0.3) is 0 Å². The molecule has 0 radical (unpaired) electrons. The maximum absolute atomic E-state index is 6.21. The van der Waals surface area contributed by atoms with Crippen LogP contribution in [0.4, 0.5) is 0 Å². The molecule has 3 aromatic rings. The first-order valence-electron chi connectivity index (χ1n) is 9.75. The summed E-state index contributed by atoms with van der Waals surface area (Å²) in [5, 5.41) is 5.42. The molecule has 0 bridgehead atoms. The molecule has 0 fully saturated rings. The van der Waals surface area contributed by atoms with Gasteiger partial charge in [-0.25, -0.2) is 0 Å². The van der Waals surface area contributed by atoms with Gasteiger partial charge >= 0.3 is 0 Å². The largest absolute Gasteiger partial charge is 0.493 e. The highest BCUT2D eigenvalue weighted by atomic mass is 35.5. The van der Waals surface area contributed by atoms with Crippen molar-refractivity contribution in [2.45, 2.75) is 13.2 Å². The second-order valence-electron chi connectivity index (χ2n) is 6.72. The number of methoxy groups -OCH3 is 3. The van der Waals surface area contributed by atoms with Crippen molar-refractivity contribution in [2.24, 2.45) is 5.10 Å². The van der Waals surface area contributed by atoms with E-state index in [1.165, 1.54) is 0 Å². The van der Waals surface area contributed by atoms with E-state index in [4.69, 9.17) is 42.1 Å². The number of hydrogen-bond acceptors (Lipinski definition) is 6. The molecule has 0 unspecified atom stereocenters. The van der Waals surface area contributed by atoms with Crippen molar-refractivity contribution in [3.05, 3.63) is 81.3 Å². The zero-order valence-electron chi connectivity index (χ0n) is 18.0. The summed E-state index contributed by atoms with van der Waals surface area (Å²) in [5.41, 5.74) is 5.74. The Morgan fingerprint density at radius 1 is 0.812 bits per heavy atom. The summed E-state index contributed by atoms with van der Waals surface area (Å²) in [5.74, 6) is 2.57. The number of rotatable bonds is 10. The van der Waals surface area contributed by atoms with Gasteiger partial charge in [-0.3, -0.25) is 0 Å². The number of ether oxygens (including phenoxy) is 4. The van der Waals surface area contributed by atoms with Gasteiger partial charge in [0.05, 0.1) is 34.1 Å². The van der Waals surface area contributed by atoms with Crippen molar-refractivity contribution in [1.29, 1.82) is 0 Å². The van der Waals surface area contributed by atoms with Gasteiger partial charge in [0.25, 0.3) is 0 Å². The highest BCUT2D eigenvalue weighted by Crippen LogP contribution is 2.30. The van der Waals surface area contributed by atoms with E-state index in [-0.39, 0.29) is 0 Å². The molecular weight excluding hydrogens is 451 g/mol. The Kier molecular flexibility index (Phi) is 8.48. The third-order valence-electron chi connectivity index (χ3n) is 4.62. The van der Waals surface area contributed by atoms with Gasteiger partial charge in [-0.1, -0.05) is 35.3 Å². The lowest BCUT2D eigenvalue weighted by Crippen LogP contribution is -2.06. The monoisotopic (exact) mass is 474 g/mol. The van der Waals surface area contributed by atoms with Crippen molar-refractivity contribution < 1.29 is 18.9 Å². The van der Waals surface area contributed by atoms with E-state index in [0.29, 0.717) is 46.2 Å². The first kappa shape index (κ1) is 23.6. The van der Waals surface area contributed by atoms with E-state index in [9.17, 15) is 0 Å². The molecule has 168 valence electrons. The van der Waals surface area contributed by atoms with Gasteiger partial charge in [0.2, 0.25) is 0 Å². The Labute approximate surface area is 197 Å². The SMILES string of the molecule is COc1ccc(CN/N=C\c2ccc(OCc3ccc(Cl)cc3Cl)c(OC)c2)cc1OC. The first-order chi connectivity index (χ1) is 15.5. The van der Waals surface area contributed by atoms with Gasteiger partial charge in [-0.2, -0.15) is 5.10 Å². The van der Waals surface area contributed by atoms with Crippen molar-refractivity contribution in [2.75, 3.05) is 21.3 Å². The van der Waals surface area contributed by atoms with Gasteiger partial charge in [-0.05, 0) is 53.6 Å². The van der Waals surface area contributed by atoms with Gasteiger partial charge in [0.1, 0.15) is 6.61 Å². The summed E-state index contributed by atoms with van der Waals surface area (Å²) >= 11 is 12.1. The number of nitrogens with one attached hydrogen (secondary N) is 1. The quantitative estimate of drug-likeness (QED) is 0.300. The summed E-state index contributed by atoms with van der Waals surface area (Å²) < 4.78 is 21.9. The molecule has 1 N–H and O–H groups in total. The predicted molar refractivity (Wildman–Crippen MR) is 128 cm³/mol. The van der Waals surface area contributed by atoms with E-state index < -0.39 is 0 Å². The van der Waals surface area contributed by atoms with E-state index >= 15 is 0 Å². The van der Waals surface area contributed by atoms with Crippen LogP contribution in [0.1, 0.15) is 16.7 Å². The standard InChI is InChI=1S/C24H24Cl2N2O4/c1-29-21-8-4-16(10-23(21)30-2)13-27-28-14-17-5-9-22(24(11-17)31-3)32-15-18-6-7-19(25)12-20(18)26/h4-12,14,27H,13,15H2,1-3H3/b28-14-. The van der Waals surface area contributed by atoms with Crippen molar-refractivity contribution in [3.63, 3.8) is 0 Å². The molecule has 3 rings (SSSR count). The molecule has 0 atom stereocenters. The van der Waals surface area contributed by atoms with Crippen LogP contribution in [0.5, 0.6) is 23.0 Å². The number of halogens is 2. The molecule has 0 saturated heterocycles. The van der Waals surface area contributed by atoms with E-state index in [0.717, 1.165) is 16.7 Å². The maximum Gasteiger partial charge on any atom is 0.161 e. The minimum Gasteiger partial charge on any atom is -0.493 e. The lowest BCUT2D eigenvalue weighted by atomic mass is 10.2. The second-order valence-corrected chi connectivity index (χ2v) is 7.56. The van der Waals surface area contributed by atoms with Gasteiger partial charge in [0.15, 0.2) is 23.0 Å². The second kappa shape index (κ2) is 11.5. The minimum absolute atomic E-state index is 0.298. The average Bonchev–Trinajstić information content (AvgIpc) is 2.81. The molecule has 0 aliphatic heterocycles. The Balaban J connectivity index is 1.59. The molecule has 8 heteroatoms. The van der Waals surface area contributed by atoms with Gasteiger partial charge in [-0.15, -0.1) is 0 Å². The Bertz CT molecular complexity index is 1090. The normalized spacial score (nSPS) is 10.8. The zero-order chi connectivity index (χ0) is 22.9. The smallest absolute Gasteiger partial charge is 0.161 e. The molecular formula is C24H24Cl2N2O4. The number of nitrogens with zero attached hydrogens (tertiary/aromatic N) is 1. The van der Waals surface area contributed by atoms with Crippen LogP contribution < -0.4 is 24.4 Å². The van der Waals surface area contributed by atoms with E-state index in [1.54, 1.807) is 39.7 Å². The number of hydrazone groups is 1. The van der Waals surface area contributed by atoms with Crippen molar-refractivity contribution in [3.8, 4) is 23.0 Å². The van der Waals surface area contributed by atoms with Gasteiger partial charge < -0.3 is 24.4 Å². The highest BCUT2D eigenvalue weighted by Gasteiger charge is 2.08. The van der Waals surface area contributed by atoms with Gasteiger partial charge in [0, 0.05) is 15.6 Å². The summed E-state index contributed by atoms with van der Waals surface area (Å²) in [7, 11) is 4.81. The molecule has 0 aliphatic carbocycles. The van der Waals surface area contributed by atoms with Crippen LogP contribution in [0, 0.1) is 0 Å². The molecule has 0 aromatic heterocycles. The summed E-state index contributed by atoms with van der Waals surface area (Å²) in [6.07, 6.45) is 1.71. The number of hydrogen-bond donors (Lipinski definition) is 1. The van der Waals surface area contributed by atoms with Crippen LogP contribution in [0.3, 0.4) is 0 Å². The fourth-order valence-electron chi connectivity index (χ4n) is 2.93. The van der Waals surface area contributed by atoms with Crippen LogP contribution in [-0.4, -0.2) is 27.5 Å². The fraction of sp³-hybridized carbons (Fsp3) is 0.208. The molecule has 3 aromatic carbocycles. The molecule has 0 saturated carbocycles. The maximum atomic E-state index is 6.21.